The molecule has 0 aliphatic rings. The van der Waals surface area contributed by atoms with Gasteiger partial charge in [-0.2, -0.15) is 0 Å². The molecule has 0 aliphatic carbocycles. The van der Waals surface area contributed by atoms with Crippen LogP contribution in [-0.2, 0) is 0 Å². The van der Waals surface area contributed by atoms with Crippen LogP contribution in [-0.4, -0.2) is 10.9 Å². The minimum atomic E-state index is -0.426. The number of aromatic nitrogens is 1. The molecular formula is C12H6BrFN2O2S. The van der Waals surface area contributed by atoms with Crippen molar-refractivity contribution in [2.45, 2.75) is 0 Å². The lowest BCUT2D eigenvalue weighted by molar-refractivity contribution is 0.0995. The van der Waals surface area contributed by atoms with Crippen molar-refractivity contribution in [3.8, 4) is 0 Å². The summed E-state index contributed by atoms with van der Waals surface area (Å²) in [6.07, 6.45) is 0. The molecule has 2 heterocycles. The molecule has 0 saturated carbocycles. The van der Waals surface area contributed by atoms with Crippen molar-refractivity contribution in [2.24, 2.45) is 0 Å². The Morgan fingerprint density at radius 3 is 2.89 bits per heavy atom. The summed E-state index contributed by atoms with van der Waals surface area (Å²) in [5.41, 5.74) is 0.253. The summed E-state index contributed by atoms with van der Waals surface area (Å²) in [5.74, 6) is -0.674. The smallest absolute Gasteiger partial charge is 0.293 e. The highest BCUT2D eigenvalue weighted by molar-refractivity contribution is 9.10. The molecule has 7 heteroatoms. The number of amides is 1. The van der Waals surface area contributed by atoms with Crippen molar-refractivity contribution >= 4 is 48.5 Å². The Hall–Kier alpha value is -1.73. The van der Waals surface area contributed by atoms with Gasteiger partial charge in [-0.3, -0.25) is 10.1 Å². The number of nitrogens with one attached hydrogen (secondary N) is 1. The summed E-state index contributed by atoms with van der Waals surface area (Å²) in [7, 11) is 0. The lowest BCUT2D eigenvalue weighted by Gasteiger charge is -1.96. The standard InChI is InChI=1S/C12H6BrFN2O2S/c13-9-5-4-7(18-9)11(17)16-12-15-10-6(14)2-1-3-8(10)19-12/h1-5H,(H,15,16,17). The monoisotopic (exact) mass is 340 g/mol. The molecule has 3 aromatic rings. The van der Waals surface area contributed by atoms with Crippen LogP contribution >= 0.6 is 27.3 Å². The van der Waals surface area contributed by atoms with E-state index in [-0.39, 0.29) is 11.3 Å². The van der Waals surface area contributed by atoms with E-state index >= 15 is 0 Å². The minimum Gasteiger partial charge on any atom is -0.444 e. The Morgan fingerprint density at radius 2 is 2.21 bits per heavy atom. The highest BCUT2D eigenvalue weighted by Gasteiger charge is 2.14. The van der Waals surface area contributed by atoms with Gasteiger partial charge >= 0.3 is 0 Å². The van der Waals surface area contributed by atoms with Gasteiger partial charge in [0.2, 0.25) is 0 Å². The number of halogens is 2. The first kappa shape index (κ1) is 12.3. The molecule has 4 nitrogen and oxygen atoms in total. The Kier molecular flexibility index (Phi) is 3.08. The molecule has 1 aromatic carbocycles. The third kappa shape index (κ3) is 2.39. The van der Waals surface area contributed by atoms with E-state index < -0.39 is 11.7 Å². The summed E-state index contributed by atoms with van der Waals surface area (Å²) in [6, 6.07) is 7.83. The van der Waals surface area contributed by atoms with Crippen molar-refractivity contribution in [1.29, 1.82) is 0 Å². The second-order valence-electron chi connectivity index (χ2n) is 3.66. The maximum atomic E-state index is 13.5. The summed E-state index contributed by atoms with van der Waals surface area (Å²) in [6.45, 7) is 0. The van der Waals surface area contributed by atoms with Gasteiger partial charge in [-0.15, -0.1) is 0 Å². The van der Waals surface area contributed by atoms with Crippen LogP contribution in [0.25, 0.3) is 10.2 Å². The zero-order valence-electron chi connectivity index (χ0n) is 9.31. The molecule has 0 aliphatic heterocycles. The average Bonchev–Trinajstić information content (AvgIpc) is 2.96. The van der Waals surface area contributed by atoms with Gasteiger partial charge in [0.05, 0.1) is 4.70 Å². The third-order valence-corrected chi connectivity index (χ3v) is 3.75. The molecule has 1 N–H and O–H groups in total. The van der Waals surface area contributed by atoms with Gasteiger partial charge in [0.1, 0.15) is 11.3 Å². The number of carbonyl (C=O) groups is 1. The lowest BCUT2D eigenvalue weighted by atomic mass is 10.3. The van der Waals surface area contributed by atoms with Gasteiger partial charge in [-0.1, -0.05) is 17.4 Å². The quantitative estimate of drug-likeness (QED) is 0.765. The number of anilines is 1. The SMILES string of the molecule is O=C(Nc1nc2c(F)cccc2s1)c1ccc(Br)o1. The van der Waals surface area contributed by atoms with Crippen LogP contribution in [0.1, 0.15) is 10.6 Å². The molecule has 3 rings (SSSR count). The maximum Gasteiger partial charge on any atom is 0.293 e. The number of benzene rings is 1. The molecule has 1 amide bonds. The maximum absolute atomic E-state index is 13.5. The normalized spacial score (nSPS) is 10.8. The van der Waals surface area contributed by atoms with E-state index in [9.17, 15) is 9.18 Å². The summed E-state index contributed by atoms with van der Waals surface area (Å²) in [4.78, 5) is 15.9. The van der Waals surface area contributed by atoms with Gasteiger partial charge < -0.3 is 4.42 Å². The first-order chi connectivity index (χ1) is 9.13. The van der Waals surface area contributed by atoms with Crippen LogP contribution in [0, 0.1) is 5.82 Å². The van der Waals surface area contributed by atoms with Gasteiger partial charge in [0.15, 0.2) is 15.6 Å². The first-order valence-electron chi connectivity index (χ1n) is 5.25. The van der Waals surface area contributed by atoms with Gasteiger partial charge in [0, 0.05) is 0 Å². The number of hydrogen-bond donors (Lipinski definition) is 1. The molecular weight excluding hydrogens is 335 g/mol. The Morgan fingerprint density at radius 1 is 1.37 bits per heavy atom. The predicted octanol–water partition coefficient (Wildman–Crippen LogP) is 4.04. The zero-order valence-corrected chi connectivity index (χ0v) is 11.7. The van der Waals surface area contributed by atoms with Gasteiger partial charge in [-0.05, 0) is 40.2 Å². The molecule has 0 fully saturated rings. The van der Waals surface area contributed by atoms with Gasteiger partial charge in [-0.25, -0.2) is 9.37 Å². The fourth-order valence-electron chi connectivity index (χ4n) is 1.56. The van der Waals surface area contributed by atoms with E-state index in [1.807, 2.05) is 0 Å². The van der Waals surface area contributed by atoms with Crippen molar-refractivity contribution < 1.29 is 13.6 Å². The van der Waals surface area contributed by atoms with Crippen LogP contribution in [0.3, 0.4) is 0 Å². The largest absolute Gasteiger partial charge is 0.444 e. The highest BCUT2D eigenvalue weighted by atomic mass is 79.9. The summed E-state index contributed by atoms with van der Waals surface area (Å²) < 4.78 is 19.7. The van der Waals surface area contributed by atoms with Crippen molar-refractivity contribution in [3.05, 3.63) is 46.6 Å². The number of thiazole rings is 1. The second-order valence-corrected chi connectivity index (χ2v) is 5.48. The summed E-state index contributed by atoms with van der Waals surface area (Å²) >= 11 is 4.32. The van der Waals surface area contributed by atoms with Crippen LogP contribution in [0.2, 0.25) is 0 Å². The minimum absolute atomic E-state index is 0.159. The fourth-order valence-corrected chi connectivity index (χ4v) is 2.75. The molecule has 19 heavy (non-hydrogen) atoms. The molecule has 0 spiro atoms. The predicted molar refractivity (Wildman–Crippen MR) is 73.9 cm³/mol. The summed E-state index contributed by atoms with van der Waals surface area (Å²) in [5, 5.41) is 2.91. The second kappa shape index (κ2) is 4.75. The first-order valence-corrected chi connectivity index (χ1v) is 6.86. The van der Waals surface area contributed by atoms with Crippen LogP contribution in [0.5, 0.6) is 0 Å². The van der Waals surface area contributed by atoms with Crippen molar-refractivity contribution in [1.82, 2.24) is 4.98 Å². The van der Waals surface area contributed by atoms with E-state index in [2.05, 4.69) is 26.2 Å². The molecule has 0 atom stereocenters. The topological polar surface area (TPSA) is 55.1 Å². The molecule has 0 saturated heterocycles. The zero-order chi connectivity index (χ0) is 13.4. The van der Waals surface area contributed by atoms with Crippen LogP contribution in [0.15, 0.2) is 39.4 Å². The Labute approximate surface area is 119 Å². The highest BCUT2D eigenvalue weighted by Crippen LogP contribution is 2.28. The molecule has 96 valence electrons. The van der Waals surface area contributed by atoms with Crippen molar-refractivity contribution in [2.75, 3.05) is 5.32 Å². The van der Waals surface area contributed by atoms with Gasteiger partial charge in [0.25, 0.3) is 5.91 Å². The molecule has 2 aromatic heterocycles. The lowest BCUT2D eigenvalue weighted by Crippen LogP contribution is -2.10. The van der Waals surface area contributed by atoms with E-state index in [1.54, 1.807) is 18.2 Å². The average molecular weight is 341 g/mol. The fraction of sp³-hybridized carbons (Fsp3) is 0. The number of nitrogens with zero attached hydrogens (tertiary/aromatic N) is 1. The number of furan rings is 1. The third-order valence-electron chi connectivity index (χ3n) is 2.39. The van der Waals surface area contributed by atoms with Crippen LogP contribution < -0.4 is 5.32 Å². The van der Waals surface area contributed by atoms with Crippen LogP contribution in [0.4, 0.5) is 9.52 Å². The Balaban J connectivity index is 1.89. The number of para-hydroxylation sites is 1. The van der Waals surface area contributed by atoms with E-state index in [0.717, 1.165) is 0 Å². The number of hydrogen-bond acceptors (Lipinski definition) is 4. The molecule has 0 bridgehead atoms. The Bertz CT molecular complexity index is 768. The number of rotatable bonds is 2. The molecule has 0 radical (unpaired) electrons. The number of carbonyl (C=O) groups excluding carboxylic acids is 1. The van der Waals surface area contributed by atoms with E-state index in [0.29, 0.717) is 14.5 Å². The van der Waals surface area contributed by atoms with E-state index in [4.69, 9.17) is 4.42 Å². The van der Waals surface area contributed by atoms with E-state index in [1.165, 1.54) is 23.5 Å². The molecule has 0 unspecified atom stereocenters. The van der Waals surface area contributed by atoms with Crippen molar-refractivity contribution in [3.63, 3.8) is 0 Å². The number of fused-ring (bicyclic) bond motifs is 1.